The monoisotopic (exact) mass is 238 g/mol. The van der Waals surface area contributed by atoms with Crippen LogP contribution in [0, 0.1) is 0 Å². The Kier molecular flexibility index (Phi) is 3.04. The molecule has 0 spiro atoms. The number of nitrogens with two attached hydrogens (primary N) is 1. The quantitative estimate of drug-likeness (QED) is 0.865. The van der Waals surface area contributed by atoms with Gasteiger partial charge in [0.2, 0.25) is 17.0 Å². The van der Waals surface area contributed by atoms with Crippen LogP contribution in [0.15, 0.2) is 11.6 Å². The summed E-state index contributed by atoms with van der Waals surface area (Å²) in [7, 11) is 0. The van der Waals surface area contributed by atoms with Crippen LogP contribution >= 0.6 is 11.3 Å². The van der Waals surface area contributed by atoms with E-state index < -0.39 is 0 Å². The fourth-order valence-corrected chi connectivity index (χ4v) is 2.01. The van der Waals surface area contributed by atoms with Gasteiger partial charge in [0, 0.05) is 24.7 Å². The van der Waals surface area contributed by atoms with E-state index in [0.717, 1.165) is 18.2 Å². The Morgan fingerprint density at radius 1 is 1.44 bits per heavy atom. The molecule has 0 aliphatic rings. The van der Waals surface area contributed by atoms with E-state index in [2.05, 4.69) is 28.9 Å². The number of hydrogen-bond donors (Lipinski definition) is 1. The molecule has 0 aromatic carbocycles. The zero-order valence-electron chi connectivity index (χ0n) is 9.29. The molecule has 86 valence electrons. The minimum Gasteiger partial charge on any atom is -0.368 e. The lowest BCUT2D eigenvalue weighted by molar-refractivity contribution is 0.800. The number of aromatic nitrogens is 4. The fourth-order valence-electron chi connectivity index (χ4n) is 1.41. The maximum Gasteiger partial charge on any atom is 0.247 e. The van der Waals surface area contributed by atoms with E-state index >= 15 is 0 Å². The van der Waals surface area contributed by atoms with Gasteiger partial charge in [-0.3, -0.25) is 0 Å². The molecule has 0 saturated heterocycles. The van der Waals surface area contributed by atoms with Crippen LogP contribution in [0.3, 0.4) is 0 Å². The van der Waals surface area contributed by atoms with Crippen LogP contribution in [0.2, 0.25) is 0 Å². The van der Waals surface area contributed by atoms with Crippen molar-refractivity contribution in [3.05, 3.63) is 11.6 Å². The lowest BCUT2D eigenvalue weighted by Crippen LogP contribution is -2.23. The summed E-state index contributed by atoms with van der Waals surface area (Å²) in [6.45, 7) is 5.84. The topological polar surface area (TPSA) is 72.9 Å². The SMILES string of the molecule is CCN(CC)c1nc(N)n(-c2nccs2)n1. The van der Waals surface area contributed by atoms with Gasteiger partial charge in [-0.05, 0) is 13.8 Å². The molecule has 6 nitrogen and oxygen atoms in total. The molecule has 0 radical (unpaired) electrons. The van der Waals surface area contributed by atoms with E-state index in [9.17, 15) is 0 Å². The van der Waals surface area contributed by atoms with Gasteiger partial charge < -0.3 is 10.6 Å². The van der Waals surface area contributed by atoms with E-state index in [0.29, 0.717) is 11.9 Å². The van der Waals surface area contributed by atoms with Crippen LogP contribution in [0.4, 0.5) is 11.9 Å². The summed E-state index contributed by atoms with van der Waals surface area (Å²) in [6, 6.07) is 0. The second-order valence-corrected chi connectivity index (χ2v) is 4.04. The normalized spacial score (nSPS) is 10.6. The molecular weight excluding hydrogens is 224 g/mol. The maximum atomic E-state index is 5.81. The average Bonchev–Trinajstić information content (AvgIpc) is 2.89. The zero-order chi connectivity index (χ0) is 11.5. The molecule has 2 heterocycles. The van der Waals surface area contributed by atoms with Gasteiger partial charge in [-0.2, -0.15) is 9.67 Å². The van der Waals surface area contributed by atoms with Crippen molar-refractivity contribution in [3.8, 4) is 5.13 Å². The average molecular weight is 238 g/mol. The number of anilines is 2. The maximum absolute atomic E-state index is 5.81. The van der Waals surface area contributed by atoms with Crippen LogP contribution in [-0.2, 0) is 0 Å². The molecule has 0 bridgehead atoms. The molecule has 2 rings (SSSR count). The van der Waals surface area contributed by atoms with Gasteiger partial charge in [0.25, 0.3) is 0 Å². The number of nitrogen functional groups attached to an aromatic ring is 1. The second kappa shape index (κ2) is 4.48. The molecule has 2 N–H and O–H groups in total. The molecule has 0 amide bonds. The number of hydrogen-bond acceptors (Lipinski definition) is 6. The number of thiazole rings is 1. The minimum absolute atomic E-state index is 0.372. The lowest BCUT2D eigenvalue weighted by atomic mass is 10.5. The Balaban J connectivity index is 2.35. The Morgan fingerprint density at radius 2 is 2.19 bits per heavy atom. The van der Waals surface area contributed by atoms with Crippen molar-refractivity contribution >= 4 is 23.2 Å². The van der Waals surface area contributed by atoms with Crippen LogP contribution < -0.4 is 10.6 Å². The highest BCUT2D eigenvalue weighted by molar-refractivity contribution is 7.12. The van der Waals surface area contributed by atoms with Gasteiger partial charge in [-0.1, -0.05) is 0 Å². The largest absolute Gasteiger partial charge is 0.368 e. The Labute approximate surface area is 97.7 Å². The smallest absolute Gasteiger partial charge is 0.247 e. The molecule has 0 atom stereocenters. The fraction of sp³-hybridized carbons (Fsp3) is 0.444. The molecule has 0 unspecified atom stereocenters. The predicted molar refractivity (Wildman–Crippen MR) is 65.0 cm³/mol. The Bertz CT molecular complexity index is 445. The van der Waals surface area contributed by atoms with Crippen molar-refractivity contribution in [3.63, 3.8) is 0 Å². The van der Waals surface area contributed by atoms with E-state index in [1.54, 1.807) is 10.9 Å². The van der Waals surface area contributed by atoms with Crippen molar-refractivity contribution < 1.29 is 0 Å². The van der Waals surface area contributed by atoms with Crippen LogP contribution in [0.25, 0.3) is 5.13 Å². The van der Waals surface area contributed by atoms with E-state index in [1.165, 1.54) is 11.3 Å². The molecule has 0 saturated carbocycles. The van der Waals surface area contributed by atoms with Crippen molar-refractivity contribution in [1.82, 2.24) is 19.7 Å². The van der Waals surface area contributed by atoms with Gasteiger partial charge in [-0.25, -0.2) is 4.98 Å². The highest BCUT2D eigenvalue weighted by Crippen LogP contribution is 2.17. The highest BCUT2D eigenvalue weighted by atomic mass is 32.1. The second-order valence-electron chi connectivity index (χ2n) is 3.17. The van der Waals surface area contributed by atoms with E-state index in [1.807, 2.05) is 10.3 Å². The van der Waals surface area contributed by atoms with E-state index in [4.69, 9.17) is 5.73 Å². The third-order valence-electron chi connectivity index (χ3n) is 2.27. The van der Waals surface area contributed by atoms with Crippen molar-refractivity contribution in [1.29, 1.82) is 0 Å². The van der Waals surface area contributed by atoms with Gasteiger partial charge in [0.15, 0.2) is 0 Å². The first kappa shape index (κ1) is 10.9. The lowest BCUT2D eigenvalue weighted by Gasteiger charge is -2.14. The molecule has 2 aromatic rings. The van der Waals surface area contributed by atoms with Gasteiger partial charge in [0.05, 0.1) is 0 Å². The minimum atomic E-state index is 0.372. The van der Waals surface area contributed by atoms with Crippen LogP contribution in [-0.4, -0.2) is 32.8 Å². The van der Waals surface area contributed by atoms with Crippen molar-refractivity contribution in [2.45, 2.75) is 13.8 Å². The van der Waals surface area contributed by atoms with Crippen molar-refractivity contribution in [2.24, 2.45) is 0 Å². The molecular formula is C9H14N6S. The van der Waals surface area contributed by atoms with Gasteiger partial charge in [-0.15, -0.1) is 16.4 Å². The van der Waals surface area contributed by atoms with Gasteiger partial charge >= 0.3 is 0 Å². The summed E-state index contributed by atoms with van der Waals surface area (Å²) >= 11 is 1.48. The number of nitrogens with zero attached hydrogens (tertiary/aromatic N) is 5. The summed E-state index contributed by atoms with van der Waals surface area (Å²) in [4.78, 5) is 10.4. The van der Waals surface area contributed by atoms with E-state index in [-0.39, 0.29) is 0 Å². The standard InChI is InChI=1S/C9H14N6S/c1-3-14(4-2)8-12-7(10)15(13-8)9-11-5-6-16-9/h5-6H,3-4H2,1-2H3,(H2,10,12,13). The number of rotatable bonds is 4. The zero-order valence-corrected chi connectivity index (χ0v) is 10.1. The summed E-state index contributed by atoms with van der Waals surface area (Å²) in [5.74, 6) is 1.02. The molecule has 0 fully saturated rings. The summed E-state index contributed by atoms with van der Waals surface area (Å²) in [5.41, 5.74) is 5.81. The summed E-state index contributed by atoms with van der Waals surface area (Å²) in [5, 5.41) is 6.97. The van der Waals surface area contributed by atoms with Crippen molar-refractivity contribution in [2.75, 3.05) is 23.7 Å². The first-order chi connectivity index (χ1) is 7.76. The molecule has 2 aromatic heterocycles. The Morgan fingerprint density at radius 3 is 2.75 bits per heavy atom. The predicted octanol–water partition coefficient (Wildman–Crippen LogP) is 1.15. The first-order valence-electron chi connectivity index (χ1n) is 5.13. The third kappa shape index (κ3) is 1.85. The highest BCUT2D eigenvalue weighted by Gasteiger charge is 2.13. The first-order valence-corrected chi connectivity index (χ1v) is 6.01. The Hall–Kier alpha value is -1.63. The molecule has 7 heteroatoms. The van der Waals surface area contributed by atoms with Gasteiger partial charge in [0.1, 0.15) is 0 Å². The molecule has 0 aliphatic heterocycles. The van der Waals surface area contributed by atoms with Crippen LogP contribution in [0.1, 0.15) is 13.8 Å². The summed E-state index contributed by atoms with van der Waals surface area (Å²) in [6.07, 6.45) is 1.72. The third-order valence-corrected chi connectivity index (χ3v) is 3.01. The summed E-state index contributed by atoms with van der Waals surface area (Å²) < 4.78 is 1.57. The van der Waals surface area contributed by atoms with Crippen LogP contribution in [0.5, 0.6) is 0 Å². The molecule has 0 aliphatic carbocycles. The molecule has 16 heavy (non-hydrogen) atoms.